The molecule has 0 unspecified atom stereocenters. The van der Waals surface area contributed by atoms with Crippen molar-refractivity contribution in [3.63, 3.8) is 0 Å². The summed E-state index contributed by atoms with van der Waals surface area (Å²) in [5.74, 6) is -0.230. The zero-order valence-corrected chi connectivity index (χ0v) is 14.2. The highest BCUT2D eigenvalue weighted by Crippen LogP contribution is 2.18. The second kappa shape index (κ2) is 7.37. The summed E-state index contributed by atoms with van der Waals surface area (Å²) in [5, 5.41) is 7.07. The molecule has 0 bridgehead atoms. The van der Waals surface area contributed by atoms with E-state index in [4.69, 9.17) is 4.74 Å². The minimum atomic E-state index is -0.230. The molecule has 3 heterocycles. The molecule has 7 nitrogen and oxygen atoms in total. The number of carbonyl (C=O) groups excluding carboxylic acids is 1. The zero-order chi connectivity index (χ0) is 17.8. The van der Waals surface area contributed by atoms with Crippen LogP contribution in [0, 0.1) is 0 Å². The maximum atomic E-state index is 12.5. The van der Waals surface area contributed by atoms with Gasteiger partial charge in [-0.2, -0.15) is 5.10 Å². The largest absolute Gasteiger partial charge is 0.378 e. The van der Waals surface area contributed by atoms with Gasteiger partial charge in [0.05, 0.1) is 18.9 Å². The summed E-state index contributed by atoms with van der Waals surface area (Å²) in [7, 11) is 0. The van der Waals surface area contributed by atoms with Gasteiger partial charge in [-0.15, -0.1) is 0 Å². The van der Waals surface area contributed by atoms with E-state index in [-0.39, 0.29) is 5.91 Å². The Morgan fingerprint density at radius 2 is 1.85 bits per heavy atom. The molecule has 132 valence electrons. The topological polar surface area (TPSA) is 72.3 Å². The van der Waals surface area contributed by atoms with Crippen molar-refractivity contribution in [2.24, 2.45) is 0 Å². The summed E-state index contributed by atoms with van der Waals surface area (Å²) >= 11 is 0. The van der Waals surface area contributed by atoms with Gasteiger partial charge >= 0.3 is 0 Å². The van der Waals surface area contributed by atoms with Gasteiger partial charge < -0.3 is 15.0 Å². The van der Waals surface area contributed by atoms with Gasteiger partial charge in [0.1, 0.15) is 5.69 Å². The lowest BCUT2D eigenvalue weighted by molar-refractivity contribution is 0.102. The summed E-state index contributed by atoms with van der Waals surface area (Å²) in [6.45, 7) is 3.04. The predicted molar refractivity (Wildman–Crippen MR) is 98.8 cm³/mol. The average Bonchev–Trinajstić information content (AvgIpc) is 3.24. The van der Waals surface area contributed by atoms with Crippen LogP contribution in [-0.4, -0.2) is 47.0 Å². The molecule has 3 aromatic rings. The highest BCUT2D eigenvalue weighted by atomic mass is 16.5. The van der Waals surface area contributed by atoms with Crippen LogP contribution in [0.5, 0.6) is 0 Å². The van der Waals surface area contributed by atoms with Crippen LogP contribution in [0.2, 0.25) is 0 Å². The number of pyridine rings is 1. The number of ether oxygens (including phenoxy) is 1. The second-order valence-corrected chi connectivity index (χ2v) is 5.95. The number of amides is 1. The van der Waals surface area contributed by atoms with Crippen molar-refractivity contribution in [2.45, 2.75) is 0 Å². The highest BCUT2D eigenvalue weighted by Gasteiger charge is 2.14. The third kappa shape index (κ3) is 3.57. The normalized spacial score (nSPS) is 14.2. The fourth-order valence-corrected chi connectivity index (χ4v) is 2.88. The minimum absolute atomic E-state index is 0.230. The zero-order valence-electron chi connectivity index (χ0n) is 14.2. The van der Waals surface area contributed by atoms with E-state index in [2.05, 4.69) is 20.3 Å². The summed E-state index contributed by atoms with van der Waals surface area (Å²) in [6.07, 6.45) is 5.26. The smallest absolute Gasteiger partial charge is 0.274 e. The van der Waals surface area contributed by atoms with E-state index in [1.165, 1.54) is 0 Å². The first-order valence-corrected chi connectivity index (χ1v) is 8.50. The Bertz CT molecular complexity index is 871. The van der Waals surface area contributed by atoms with E-state index >= 15 is 0 Å². The molecule has 26 heavy (non-hydrogen) atoms. The second-order valence-electron chi connectivity index (χ2n) is 5.95. The number of hydrogen-bond donors (Lipinski definition) is 1. The number of anilines is 2. The first-order valence-electron chi connectivity index (χ1n) is 8.50. The van der Waals surface area contributed by atoms with Crippen molar-refractivity contribution in [3.05, 3.63) is 66.7 Å². The Balaban J connectivity index is 1.46. The lowest BCUT2D eigenvalue weighted by Crippen LogP contribution is -2.36. The number of hydrogen-bond acceptors (Lipinski definition) is 5. The van der Waals surface area contributed by atoms with E-state index in [0.29, 0.717) is 24.6 Å². The summed E-state index contributed by atoms with van der Waals surface area (Å²) in [4.78, 5) is 18.9. The number of aromatic nitrogens is 3. The highest BCUT2D eigenvalue weighted by molar-refractivity contribution is 6.03. The van der Waals surface area contributed by atoms with Crippen molar-refractivity contribution in [2.75, 3.05) is 36.5 Å². The monoisotopic (exact) mass is 349 g/mol. The Morgan fingerprint density at radius 1 is 1.04 bits per heavy atom. The quantitative estimate of drug-likeness (QED) is 0.783. The van der Waals surface area contributed by atoms with Gasteiger partial charge in [-0.05, 0) is 42.5 Å². The molecular weight excluding hydrogens is 330 g/mol. The molecule has 2 aromatic heterocycles. The number of benzene rings is 1. The molecule has 1 aliphatic heterocycles. The van der Waals surface area contributed by atoms with Crippen molar-refractivity contribution in [3.8, 4) is 5.69 Å². The number of carbonyl (C=O) groups is 1. The Morgan fingerprint density at radius 3 is 2.58 bits per heavy atom. The van der Waals surface area contributed by atoms with E-state index in [1.54, 1.807) is 17.1 Å². The summed E-state index contributed by atoms with van der Waals surface area (Å²) in [6, 6.07) is 13.1. The molecule has 0 spiro atoms. The SMILES string of the molecule is O=C(Nc1ccc(-n2cccn2)cc1)c1cc(N2CCOCC2)ccn1. The molecule has 4 rings (SSSR count). The van der Waals surface area contributed by atoms with Gasteiger partial charge in [0, 0.05) is 43.1 Å². The van der Waals surface area contributed by atoms with Crippen LogP contribution in [0.1, 0.15) is 10.5 Å². The number of nitrogens with zero attached hydrogens (tertiary/aromatic N) is 4. The van der Waals surface area contributed by atoms with Gasteiger partial charge in [-0.25, -0.2) is 4.68 Å². The Kier molecular flexibility index (Phi) is 4.61. The molecule has 7 heteroatoms. The summed E-state index contributed by atoms with van der Waals surface area (Å²) in [5.41, 5.74) is 3.03. The molecular formula is C19H19N5O2. The molecule has 1 aromatic carbocycles. The molecule has 1 saturated heterocycles. The van der Waals surface area contributed by atoms with Gasteiger partial charge in [-0.3, -0.25) is 9.78 Å². The molecule has 1 amide bonds. The third-order valence-corrected chi connectivity index (χ3v) is 4.25. The average molecular weight is 349 g/mol. The van der Waals surface area contributed by atoms with Crippen molar-refractivity contribution in [1.82, 2.24) is 14.8 Å². The molecule has 1 N–H and O–H groups in total. The lowest BCUT2D eigenvalue weighted by Gasteiger charge is -2.28. The Hall–Kier alpha value is -3.19. The third-order valence-electron chi connectivity index (χ3n) is 4.25. The van der Waals surface area contributed by atoms with Crippen molar-refractivity contribution < 1.29 is 9.53 Å². The predicted octanol–water partition coefficient (Wildman–Crippen LogP) is 2.36. The first kappa shape index (κ1) is 16.3. The molecule has 0 radical (unpaired) electrons. The van der Waals surface area contributed by atoms with Crippen LogP contribution < -0.4 is 10.2 Å². The lowest BCUT2D eigenvalue weighted by atomic mass is 10.2. The van der Waals surface area contributed by atoms with E-state index in [1.807, 2.05) is 48.7 Å². The van der Waals surface area contributed by atoms with Crippen LogP contribution in [0.15, 0.2) is 61.1 Å². The molecule has 1 aliphatic rings. The molecule has 0 saturated carbocycles. The van der Waals surface area contributed by atoms with Gasteiger partial charge in [0.25, 0.3) is 5.91 Å². The van der Waals surface area contributed by atoms with Crippen LogP contribution in [0.25, 0.3) is 5.69 Å². The van der Waals surface area contributed by atoms with Gasteiger partial charge in [0.2, 0.25) is 0 Å². The maximum absolute atomic E-state index is 12.5. The van der Waals surface area contributed by atoms with Crippen LogP contribution in [0.3, 0.4) is 0 Å². The number of rotatable bonds is 4. The fraction of sp³-hybridized carbons (Fsp3) is 0.211. The standard InChI is InChI=1S/C19H19N5O2/c25-19(18-14-17(6-8-20-18)23-10-12-26-13-11-23)22-15-2-4-16(5-3-15)24-9-1-7-21-24/h1-9,14H,10-13H2,(H,22,25). The molecule has 0 atom stereocenters. The van der Waals surface area contributed by atoms with Crippen molar-refractivity contribution >= 4 is 17.3 Å². The Labute approximate surface area is 151 Å². The van der Waals surface area contributed by atoms with E-state index in [0.717, 1.165) is 24.5 Å². The number of morpholine rings is 1. The van der Waals surface area contributed by atoms with Crippen molar-refractivity contribution in [1.29, 1.82) is 0 Å². The van der Waals surface area contributed by atoms with E-state index in [9.17, 15) is 4.79 Å². The van der Waals surface area contributed by atoms with Gasteiger partial charge in [-0.1, -0.05) is 0 Å². The minimum Gasteiger partial charge on any atom is -0.378 e. The molecule has 1 fully saturated rings. The fourth-order valence-electron chi connectivity index (χ4n) is 2.88. The summed E-state index contributed by atoms with van der Waals surface area (Å²) < 4.78 is 7.13. The maximum Gasteiger partial charge on any atom is 0.274 e. The van der Waals surface area contributed by atoms with Gasteiger partial charge in [0.15, 0.2) is 0 Å². The van der Waals surface area contributed by atoms with Crippen LogP contribution in [0.4, 0.5) is 11.4 Å². The van der Waals surface area contributed by atoms with Crippen LogP contribution >= 0.6 is 0 Å². The first-order chi connectivity index (χ1) is 12.8. The molecule has 0 aliphatic carbocycles. The number of nitrogens with one attached hydrogen (secondary N) is 1. The van der Waals surface area contributed by atoms with E-state index < -0.39 is 0 Å². The van der Waals surface area contributed by atoms with Crippen LogP contribution in [-0.2, 0) is 4.74 Å².